The molecule has 0 saturated carbocycles. The number of fused-ring (bicyclic) bond motifs is 3. The zero-order valence-corrected chi connectivity index (χ0v) is 17.4. The number of benzene rings is 3. The van der Waals surface area contributed by atoms with Crippen molar-refractivity contribution < 1.29 is 27.9 Å². The third-order valence-electron chi connectivity index (χ3n) is 5.66. The fraction of sp³-hybridized carbons (Fsp3) is 0.200. The molecule has 0 bridgehead atoms. The number of halogens is 3. The number of aliphatic hydroxyl groups is 1. The van der Waals surface area contributed by atoms with Crippen LogP contribution < -0.4 is 10.6 Å². The van der Waals surface area contributed by atoms with Crippen LogP contribution in [0.4, 0.5) is 13.2 Å². The monoisotopic (exact) mass is 454 g/mol. The maximum atomic E-state index is 13.1. The average molecular weight is 454 g/mol. The highest BCUT2D eigenvalue weighted by Crippen LogP contribution is 2.44. The van der Waals surface area contributed by atoms with Crippen molar-refractivity contribution >= 4 is 11.8 Å². The number of alkyl halides is 3. The molecule has 0 aromatic heterocycles. The zero-order valence-electron chi connectivity index (χ0n) is 17.4. The second-order valence-corrected chi connectivity index (χ2v) is 7.76. The Balaban J connectivity index is 1.43. The summed E-state index contributed by atoms with van der Waals surface area (Å²) in [6, 6.07) is 18.2. The van der Waals surface area contributed by atoms with Gasteiger partial charge >= 0.3 is 6.18 Å². The molecule has 0 spiro atoms. The summed E-state index contributed by atoms with van der Waals surface area (Å²) in [4.78, 5) is 25.7. The minimum Gasteiger partial charge on any atom is -0.394 e. The molecule has 170 valence electrons. The molecular weight excluding hydrogens is 433 g/mol. The van der Waals surface area contributed by atoms with Gasteiger partial charge in [-0.25, -0.2) is 0 Å². The van der Waals surface area contributed by atoms with Gasteiger partial charge in [0.25, 0.3) is 0 Å². The second kappa shape index (κ2) is 9.07. The molecule has 0 radical (unpaired) electrons. The number of hydrogen-bond acceptors (Lipinski definition) is 3. The molecule has 1 aliphatic rings. The first-order valence-corrected chi connectivity index (χ1v) is 10.3. The van der Waals surface area contributed by atoms with Crippen LogP contribution in [0.25, 0.3) is 11.1 Å². The Morgan fingerprint density at radius 2 is 1.42 bits per heavy atom. The molecule has 1 unspecified atom stereocenters. The van der Waals surface area contributed by atoms with E-state index >= 15 is 0 Å². The maximum Gasteiger partial charge on any atom is 0.416 e. The van der Waals surface area contributed by atoms with Crippen LogP contribution in [0.1, 0.15) is 28.2 Å². The molecule has 3 aromatic rings. The van der Waals surface area contributed by atoms with Crippen molar-refractivity contribution in [1.82, 2.24) is 10.6 Å². The Bertz CT molecular complexity index is 1130. The smallest absolute Gasteiger partial charge is 0.394 e. The normalized spacial score (nSPS) is 13.7. The van der Waals surface area contributed by atoms with Crippen molar-refractivity contribution in [3.8, 4) is 11.1 Å². The highest BCUT2D eigenvalue weighted by molar-refractivity contribution is 5.98. The number of carbonyl (C=O) groups is 2. The molecule has 2 amide bonds. The minimum absolute atomic E-state index is 0.0432. The van der Waals surface area contributed by atoms with E-state index in [1.807, 2.05) is 48.5 Å². The first-order chi connectivity index (χ1) is 15.8. The van der Waals surface area contributed by atoms with Crippen molar-refractivity contribution in [3.05, 3.63) is 95.1 Å². The van der Waals surface area contributed by atoms with Crippen LogP contribution in [0.5, 0.6) is 0 Å². The maximum absolute atomic E-state index is 13.1. The standard InChI is InChI=1S/C25H21F3N2O3/c26-25(27,28)16-11-9-15(10-12-16)13-29-23(32)21(14-31)30-24(33)22-19-7-3-1-5-17(19)18-6-2-4-8-20(18)22/h1-12,21-22,31H,13-14H2,(H,29,32)(H,30,33). The SMILES string of the molecule is O=C(NCc1ccc(C(F)(F)F)cc1)C(CO)NC(=O)C1c2ccccc2-c2ccccc21. The number of amides is 2. The van der Waals surface area contributed by atoms with E-state index in [1.165, 1.54) is 12.1 Å². The van der Waals surface area contributed by atoms with Gasteiger partial charge in [-0.2, -0.15) is 13.2 Å². The summed E-state index contributed by atoms with van der Waals surface area (Å²) in [7, 11) is 0. The molecule has 0 aliphatic heterocycles. The van der Waals surface area contributed by atoms with Gasteiger partial charge < -0.3 is 15.7 Å². The van der Waals surface area contributed by atoms with Gasteiger partial charge in [0.15, 0.2) is 0 Å². The van der Waals surface area contributed by atoms with Gasteiger partial charge in [-0.15, -0.1) is 0 Å². The van der Waals surface area contributed by atoms with Gasteiger partial charge in [0.1, 0.15) is 6.04 Å². The fourth-order valence-electron chi connectivity index (χ4n) is 4.01. The summed E-state index contributed by atoms with van der Waals surface area (Å²) in [6.45, 7) is -0.668. The lowest BCUT2D eigenvalue weighted by Crippen LogP contribution is -2.49. The van der Waals surface area contributed by atoms with E-state index in [0.29, 0.717) is 5.56 Å². The van der Waals surface area contributed by atoms with Gasteiger partial charge in [0.05, 0.1) is 18.1 Å². The molecule has 0 heterocycles. The molecule has 5 nitrogen and oxygen atoms in total. The largest absolute Gasteiger partial charge is 0.416 e. The third-order valence-corrected chi connectivity index (χ3v) is 5.66. The number of carbonyl (C=O) groups excluding carboxylic acids is 2. The van der Waals surface area contributed by atoms with Crippen molar-refractivity contribution in [3.63, 3.8) is 0 Å². The van der Waals surface area contributed by atoms with Crippen LogP contribution in [0.15, 0.2) is 72.8 Å². The van der Waals surface area contributed by atoms with E-state index in [2.05, 4.69) is 10.6 Å². The Labute approximate surface area is 188 Å². The predicted octanol–water partition coefficient (Wildman–Crippen LogP) is 3.61. The average Bonchev–Trinajstić information content (AvgIpc) is 3.15. The zero-order chi connectivity index (χ0) is 23.6. The van der Waals surface area contributed by atoms with Crippen LogP contribution in [-0.2, 0) is 22.3 Å². The summed E-state index contributed by atoms with van der Waals surface area (Å²) in [5, 5.41) is 14.9. The van der Waals surface area contributed by atoms with Crippen molar-refractivity contribution in [2.75, 3.05) is 6.61 Å². The Hall–Kier alpha value is -3.65. The minimum atomic E-state index is -4.44. The Kier molecular flexibility index (Phi) is 6.20. The summed E-state index contributed by atoms with van der Waals surface area (Å²) in [6.07, 6.45) is -4.44. The Morgan fingerprint density at radius 3 is 1.94 bits per heavy atom. The highest BCUT2D eigenvalue weighted by Gasteiger charge is 2.35. The quantitative estimate of drug-likeness (QED) is 0.533. The van der Waals surface area contributed by atoms with E-state index in [9.17, 15) is 27.9 Å². The molecule has 0 fully saturated rings. The molecule has 4 rings (SSSR count). The summed E-state index contributed by atoms with van der Waals surface area (Å²) >= 11 is 0. The molecular formula is C25H21F3N2O3. The summed E-state index contributed by atoms with van der Waals surface area (Å²) in [5.41, 5.74) is 3.20. The second-order valence-electron chi connectivity index (χ2n) is 7.76. The van der Waals surface area contributed by atoms with Crippen molar-refractivity contribution in [2.45, 2.75) is 24.7 Å². The van der Waals surface area contributed by atoms with Gasteiger partial charge in [-0.3, -0.25) is 9.59 Å². The summed E-state index contributed by atoms with van der Waals surface area (Å²) < 4.78 is 38.0. The van der Waals surface area contributed by atoms with E-state index in [4.69, 9.17) is 0 Å². The van der Waals surface area contributed by atoms with Gasteiger partial charge in [0.2, 0.25) is 11.8 Å². The third kappa shape index (κ3) is 4.61. The van der Waals surface area contributed by atoms with Gasteiger partial charge in [0, 0.05) is 6.54 Å². The van der Waals surface area contributed by atoms with Crippen molar-refractivity contribution in [2.24, 2.45) is 0 Å². The molecule has 33 heavy (non-hydrogen) atoms. The lowest BCUT2D eigenvalue weighted by atomic mass is 9.95. The molecule has 3 aromatic carbocycles. The molecule has 3 N–H and O–H groups in total. The van der Waals surface area contributed by atoms with E-state index in [0.717, 1.165) is 34.4 Å². The van der Waals surface area contributed by atoms with Gasteiger partial charge in [-0.1, -0.05) is 60.7 Å². The molecule has 1 aliphatic carbocycles. The predicted molar refractivity (Wildman–Crippen MR) is 116 cm³/mol. The lowest BCUT2D eigenvalue weighted by molar-refractivity contribution is -0.137. The number of nitrogens with one attached hydrogen (secondary N) is 2. The molecule has 1 atom stereocenters. The summed E-state index contributed by atoms with van der Waals surface area (Å²) in [5.74, 6) is -1.67. The number of aliphatic hydroxyl groups excluding tert-OH is 1. The van der Waals surface area contributed by atoms with E-state index in [-0.39, 0.29) is 6.54 Å². The van der Waals surface area contributed by atoms with Crippen molar-refractivity contribution in [1.29, 1.82) is 0 Å². The Morgan fingerprint density at radius 1 is 0.879 bits per heavy atom. The van der Waals surface area contributed by atoms with E-state index < -0.39 is 42.1 Å². The topological polar surface area (TPSA) is 78.4 Å². The lowest BCUT2D eigenvalue weighted by Gasteiger charge is -2.20. The van der Waals surface area contributed by atoms with Gasteiger partial charge in [-0.05, 0) is 39.9 Å². The van der Waals surface area contributed by atoms with Crippen LogP contribution in [0.3, 0.4) is 0 Å². The van der Waals surface area contributed by atoms with Crippen LogP contribution in [0.2, 0.25) is 0 Å². The van der Waals surface area contributed by atoms with Crippen LogP contribution in [0, 0.1) is 0 Å². The highest BCUT2D eigenvalue weighted by atomic mass is 19.4. The number of rotatable bonds is 6. The first kappa shape index (κ1) is 22.5. The van der Waals surface area contributed by atoms with Crippen LogP contribution in [-0.4, -0.2) is 29.6 Å². The number of hydrogen-bond donors (Lipinski definition) is 3. The first-order valence-electron chi connectivity index (χ1n) is 10.3. The molecule has 0 saturated heterocycles. The van der Waals surface area contributed by atoms with Crippen LogP contribution >= 0.6 is 0 Å². The van der Waals surface area contributed by atoms with E-state index in [1.54, 1.807) is 0 Å². The molecule has 8 heteroatoms. The fourth-order valence-corrected chi connectivity index (χ4v) is 4.01.